The van der Waals surface area contributed by atoms with E-state index in [1.807, 2.05) is 6.07 Å². The fourth-order valence-electron chi connectivity index (χ4n) is 2.94. The van der Waals surface area contributed by atoms with Crippen LogP contribution in [0.15, 0.2) is 22.7 Å². The van der Waals surface area contributed by atoms with E-state index in [1.54, 1.807) is 0 Å². The number of halogens is 2. The first-order valence-electron chi connectivity index (χ1n) is 6.85. The number of nitrogens with zero attached hydrogens (tertiary/aromatic N) is 2. The van der Waals surface area contributed by atoms with E-state index in [-0.39, 0.29) is 5.54 Å². The topological polar surface area (TPSA) is 17.8 Å². The molecule has 0 N–H and O–H groups in total. The van der Waals surface area contributed by atoms with Crippen LogP contribution in [-0.4, -0.2) is 9.55 Å². The van der Waals surface area contributed by atoms with Gasteiger partial charge in [-0.2, -0.15) is 0 Å². The molecule has 0 bridgehead atoms. The van der Waals surface area contributed by atoms with Crippen LogP contribution in [0.4, 0.5) is 0 Å². The second-order valence-corrected chi connectivity index (χ2v) is 6.10. The standard InChI is InChI=1S/C15H20BrClN2/c1-4-15(5-2,6-3)19-13-9-11(16)7-8-12(13)18-14(19)10-17/h7-9H,4-6,10H2,1-3H3. The molecule has 4 heteroatoms. The normalized spacial score (nSPS) is 12.3. The van der Waals surface area contributed by atoms with Crippen LogP contribution < -0.4 is 0 Å². The van der Waals surface area contributed by atoms with Gasteiger partial charge in [0.05, 0.1) is 16.9 Å². The van der Waals surface area contributed by atoms with Gasteiger partial charge >= 0.3 is 0 Å². The molecule has 0 spiro atoms. The summed E-state index contributed by atoms with van der Waals surface area (Å²) < 4.78 is 3.44. The van der Waals surface area contributed by atoms with Crippen molar-refractivity contribution >= 4 is 38.6 Å². The molecule has 0 atom stereocenters. The van der Waals surface area contributed by atoms with Crippen molar-refractivity contribution in [2.24, 2.45) is 0 Å². The molecule has 0 amide bonds. The van der Waals surface area contributed by atoms with E-state index in [1.165, 1.54) is 5.52 Å². The fraction of sp³-hybridized carbons (Fsp3) is 0.533. The van der Waals surface area contributed by atoms with E-state index >= 15 is 0 Å². The largest absolute Gasteiger partial charge is 0.321 e. The summed E-state index contributed by atoms with van der Waals surface area (Å²) in [7, 11) is 0. The van der Waals surface area contributed by atoms with Crippen molar-refractivity contribution in [2.45, 2.75) is 51.5 Å². The first-order chi connectivity index (χ1) is 9.11. The predicted molar refractivity (Wildman–Crippen MR) is 85.8 cm³/mol. The molecular formula is C15H20BrClN2. The smallest absolute Gasteiger partial charge is 0.125 e. The minimum absolute atomic E-state index is 0.111. The first kappa shape index (κ1) is 14.9. The highest BCUT2D eigenvalue weighted by atomic mass is 79.9. The van der Waals surface area contributed by atoms with E-state index in [0.29, 0.717) is 5.88 Å². The molecule has 0 aliphatic rings. The Morgan fingerprint density at radius 1 is 1.21 bits per heavy atom. The third kappa shape index (κ3) is 2.43. The van der Waals surface area contributed by atoms with Crippen molar-refractivity contribution < 1.29 is 0 Å². The molecule has 2 nitrogen and oxygen atoms in total. The van der Waals surface area contributed by atoms with Crippen LogP contribution in [0.1, 0.15) is 45.9 Å². The van der Waals surface area contributed by atoms with E-state index in [2.05, 4.69) is 53.4 Å². The minimum Gasteiger partial charge on any atom is -0.321 e. The van der Waals surface area contributed by atoms with Crippen LogP contribution in [-0.2, 0) is 11.4 Å². The van der Waals surface area contributed by atoms with Crippen molar-refractivity contribution in [3.63, 3.8) is 0 Å². The van der Waals surface area contributed by atoms with E-state index in [4.69, 9.17) is 16.6 Å². The Morgan fingerprint density at radius 2 is 1.84 bits per heavy atom. The lowest BCUT2D eigenvalue weighted by Gasteiger charge is -2.34. The molecular weight excluding hydrogens is 324 g/mol. The number of aromatic nitrogens is 2. The molecule has 19 heavy (non-hydrogen) atoms. The Hall–Kier alpha value is -0.540. The fourth-order valence-corrected chi connectivity index (χ4v) is 3.47. The average Bonchev–Trinajstić information content (AvgIpc) is 2.80. The van der Waals surface area contributed by atoms with Crippen LogP contribution >= 0.6 is 27.5 Å². The summed E-state index contributed by atoms with van der Waals surface area (Å²) in [4.78, 5) is 4.69. The van der Waals surface area contributed by atoms with Crippen LogP contribution in [0.25, 0.3) is 11.0 Å². The minimum atomic E-state index is 0.111. The molecule has 2 aromatic rings. The summed E-state index contributed by atoms with van der Waals surface area (Å²) >= 11 is 9.68. The van der Waals surface area contributed by atoms with Crippen molar-refractivity contribution in [3.05, 3.63) is 28.5 Å². The molecule has 0 fully saturated rings. The van der Waals surface area contributed by atoms with Gasteiger partial charge < -0.3 is 4.57 Å². The number of alkyl halides is 1. The molecule has 0 saturated heterocycles. The van der Waals surface area contributed by atoms with Crippen molar-refractivity contribution in [1.82, 2.24) is 9.55 Å². The van der Waals surface area contributed by atoms with Gasteiger partial charge in [0, 0.05) is 10.0 Å². The van der Waals surface area contributed by atoms with E-state index in [9.17, 15) is 0 Å². The number of imidazole rings is 1. The molecule has 0 aliphatic heterocycles. The molecule has 0 unspecified atom stereocenters. The summed E-state index contributed by atoms with van der Waals surface area (Å²) in [6.45, 7) is 6.73. The quantitative estimate of drug-likeness (QED) is 0.659. The van der Waals surface area contributed by atoms with E-state index < -0.39 is 0 Å². The zero-order chi connectivity index (χ0) is 14.0. The van der Waals surface area contributed by atoms with Gasteiger partial charge in [0.2, 0.25) is 0 Å². The molecule has 1 aromatic heterocycles. The van der Waals surface area contributed by atoms with Gasteiger partial charge in [-0.3, -0.25) is 0 Å². The summed E-state index contributed by atoms with van der Waals surface area (Å²) in [5.74, 6) is 1.42. The number of hydrogen-bond acceptors (Lipinski definition) is 1. The Balaban J connectivity index is 2.78. The summed E-state index contributed by atoms with van der Waals surface area (Å²) in [6, 6.07) is 6.23. The second kappa shape index (κ2) is 5.84. The van der Waals surface area contributed by atoms with Gasteiger partial charge in [0.1, 0.15) is 5.82 Å². The Bertz CT molecular complexity index is 565. The maximum absolute atomic E-state index is 6.13. The lowest BCUT2D eigenvalue weighted by molar-refractivity contribution is 0.252. The molecule has 104 valence electrons. The number of rotatable bonds is 5. The highest BCUT2D eigenvalue weighted by Gasteiger charge is 2.30. The number of fused-ring (bicyclic) bond motifs is 1. The molecule has 0 aliphatic carbocycles. The monoisotopic (exact) mass is 342 g/mol. The Labute approximate surface area is 128 Å². The zero-order valence-corrected chi connectivity index (χ0v) is 14.1. The van der Waals surface area contributed by atoms with Gasteiger partial charge in [0.15, 0.2) is 0 Å². The third-order valence-electron chi connectivity index (χ3n) is 4.25. The number of hydrogen-bond donors (Lipinski definition) is 0. The van der Waals surface area contributed by atoms with Gasteiger partial charge in [-0.05, 0) is 37.5 Å². The van der Waals surface area contributed by atoms with Crippen LogP contribution in [0, 0.1) is 0 Å². The maximum Gasteiger partial charge on any atom is 0.125 e. The zero-order valence-electron chi connectivity index (χ0n) is 11.7. The summed E-state index contributed by atoms with van der Waals surface area (Å²) in [6.07, 6.45) is 3.26. The summed E-state index contributed by atoms with van der Waals surface area (Å²) in [5.41, 5.74) is 2.31. The van der Waals surface area contributed by atoms with Crippen molar-refractivity contribution in [2.75, 3.05) is 0 Å². The predicted octanol–water partition coefficient (Wildman–Crippen LogP) is 5.46. The van der Waals surface area contributed by atoms with Crippen LogP contribution in [0.2, 0.25) is 0 Å². The highest BCUT2D eigenvalue weighted by Crippen LogP contribution is 2.35. The van der Waals surface area contributed by atoms with E-state index in [0.717, 1.165) is 35.1 Å². The van der Waals surface area contributed by atoms with Gasteiger partial charge in [0.25, 0.3) is 0 Å². The SMILES string of the molecule is CCC(CC)(CC)n1c(CCl)nc2ccc(Br)cc21. The molecule has 1 aromatic carbocycles. The first-order valence-corrected chi connectivity index (χ1v) is 8.18. The van der Waals surface area contributed by atoms with Crippen molar-refractivity contribution in [3.8, 4) is 0 Å². The lowest BCUT2D eigenvalue weighted by Crippen LogP contribution is -2.32. The van der Waals surface area contributed by atoms with Crippen molar-refractivity contribution in [1.29, 1.82) is 0 Å². The molecule has 0 radical (unpaired) electrons. The van der Waals surface area contributed by atoms with Crippen LogP contribution in [0.3, 0.4) is 0 Å². The van der Waals surface area contributed by atoms with Gasteiger partial charge in [-0.15, -0.1) is 11.6 Å². The molecule has 1 heterocycles. The Morgan fingerprint density at radius 3 is 2.37 bits per heavy atom. The molecule has 2 rings (SSSR count). The van der Waals surface area contributed by atoms with Gasteiger partial charge in [-0.1, -0.05) is 36.7 Å². The lowest BCUT2D eigenvalue weighted by atomic mass is 9.89. The van der Waals surface area contributed by atoms with Crippen LogP contribution in [0.5, 0.6) is 0 Å². The van der Waals surface area contributed by atoms with Gasteiger partial charge in [-0.25, -0.2) is 4.98 Å². The highest BCUT2D eigenvalue weighted by molar-refractivity contribution is 9.10. The average molecular weight is 344 g/mol. The second-order valence-electron chi connectivity index (χ2n) is 4.92. The summed E-state index contributed by atoms with van der Waals surface area (Å²) in [5, 5.41) is 0. The molecule has 0 saturated carbocycles. The Kier molecular flexibility index (Phi) is 4.57. The third-order valence-corrected chi connectivity index (χ3v) is 4.99. The maximum atomic E-state index is 6.13. The number of benzene rings is 1.